The molecule has 0 saturated carbocycles. The molecule has 0 spiro atoms. The van der Waals surface area contributed by atoms with Gasteiger partial charge < -0.3 is 20.3 Å². The first-order chi connectivity index (χ1) is 8.75. The summed E-state index contributed by atoms with van der Waals surface area (Å²) in [6.45, 7) is 3.94. The predicted molar refractivity (Wildman–Crippen MR) is 66.1 cm³/mol. The number of carbonyl (C=O) groups is 2. The van der Waals surface area contributed by atoms with Gasteiger partial charge in [0.15, 0.2) is 0 Å². The van der Waals surface area contributed by atoms with Crippen LogP contribution in [0.25, 0.3) is 0 Å². The van der Waals surface area contributed by atoms with Gasteiger partial charge in [-0.3, -0.25) is 9.59 Å². The molecule has 6 heteroatoms. The topological polar surface area (TPSA) is 70.7 Å². The molecule has 18 heavy (non-hydrogen) atoms. The van der Waals surface area contributed by atoms with E-state index in [1.807, 2.05) is 0 Å². The smallest absolute Gasteiger partial charge is 0.241 e. The van der Waals surface area contributed by atoms with Crippen molar-refractivity contribution in [2.75, 3.05) is 39.3 Å². The molecule has 0 radical (unpaired) electrons. The van der Waals surface area contributed by atoms with Crippen LogP contribution in [0.4, 0.5) is 0 Å². The van der Waals surface area contributed by atoms with Gasteiger partial charge in [-0.25, -0.2) is 0 Å². The van der Waals surface area contributed by atoms with Crippen molar-refractivity contribution in [1.82, 2.24) is 15.5 Å². The van der Waals surface area contributed by atoms with Gasteiger partial charge in [0.05, 0.1) is 25.7 Å². The minimum Gasteiger partial charge on any atom is -0.375 e. The van der Waals surface area contributed by atoms with Crippen molar-refractivity contribution in [3.8, 4) is 0 Å². The van der Waals surface area contributed by atoms with E-state index in [0.29, 0.717) is 19.6 Å². The maximum absolute atomic E-state index is 11.7. The first-order valence-corrected chi connectivity index (χ1v) is 6.62. The Bertz CT molecular complexity index is 297. The lowest BCUT2D eigenvalue weighted by molar-refractivity contribution is -0.133. The molecule has 102 valence electrons. The molecule has 0 aromatic carbocycles. The molecule has 2 amide bonds. The van der Waals surface area contributed by atoms with Crippen LogP contribution in [0.2, 0.25) is 0 Å². The lowest BCUT2D eigenvalue weighted by Gasteiger charge is -2.23. The van der Waals surface area contributed by atoms with Crippen molar-refractivity contribution in [2.24, 2.45) is 0 Å². The molecule has 2 fully saturated rings. The summed E-state index contributed by atoms with van der Waals surface area (Å²) in [5.74, 6) is -0.0974. The average molecular weight is 255 g/mol. The highest BCUT2D eigenvalue weighted by Crippen LogP contribution is 2.07. The summed E-state index contributed by atoms with van der Waals surface area (Å²) in [4.78, 5) is 25.2. The third kappa shape index (κ3) is 3.96. The van der Waals surface area contributed by atoms with Crippen LogP contribution in [-0.2, 0) is 14.3 Å². The van der Waals surface area contributed by atoms with Crippen LogP contribution in [0.15, 0.2) is 0 Å². The van der Waals surface area contributed by atoms with Crippen LogP contribution in [0.3, 0.4) is 0 Å². The summed E-state index contributed by atoms with van der Waals surface area (Å²) in [5.41, 5.74) is 0. The fraction of sp³-hybridized carbons (Fsp3) is 0.833. The van der Waals surface area contributed by atoms with Crippen molar-refractivity contribution in [2.45, 2.75) is 25.4 Å². The van der Waals surface area contributed by atoms with Crippen molar-refractivity contribution in [3.63, 3.8) is 0 Å². The molecule has 0 bridgehead atoms. The summed E-state index contributed by atoms with van der Waals surface area (Å²) in [6.07, 6.45) is 2.39. The van der Waals surface area contributed by atoms with E-state index in [9.17, 15) is 9.59 Å². The lowest BCUT2D eigenvalue weighted by atomic mass is 10.2. The zero-order valence-electron chi connectivity index (χ0n) is 10.6. The van der Waals surface area contributed by atoms with E-state index in [0.717, 1.165) is 32.5 Å². The summed E-state index contributed by atoms with van der Waals surface area (Å²) in [5, 5.41) is 5.84. The third-order valence-electron chi connectivity index (χ3n) is 3.31. The molecular weight excluding hydrogens is 234 g/mol. The van der Waals surface area contributed by atoms with E-state index in [2.05, 4.69) is 10.6 Å². The SMILES string of the molecule is O=C(CC1CNCCO1)NCC(=O)N1CCCC1. The van der Waals surface area contributed by atoms with Crippen LogP contribution in [0.5, 0.6) is 0 Å². The number of morpholine rings is 1. The second-order valence-corrected chi connectivity index (χ2v) is 4.77. The quantitative estimate of drug-likeness (QED) is 0.683. The Labute approximate surface area is 107 Å². The Kier molecular flexibility index (Phi) is 4.95. The molecule has 2 saturated heterocycles. The number of hydrogen-bond acceptors (Lipinski definition) is 4. The van der Waals surface area contributed by atoms with Crippen molar-refractivity contribution < 1.29 is 14.3 Å². The number of likely N-dealkylation sites (tertiary alicyclic amines) is 1. The van der Waals surface area contributed by atoms with Gasteiger partial charge in [0.1, 0.15) is 0 Å². The van der Waals surface area contributed by atoms with Gasteiger partial charge in [-0.2, -0.15) is 0 Å². The Morgan fingerprint density at radius 3 is 2.78 bits per heavy atom. The average Bonchev–Trinajstić information content (AvgIpc) is 2.91. The Balaban J connectivity index is 1.63. The van der Waals surface area contributed by atoms with Crippen molar-refractivity contribution >= 4 is 11.8 Å². The van der Waals surface area contributed by atoms with E-state index >= 15 is 0 Å². The molecule has 1 atom stereocenters. The second kappa shape index (κ2) is 6.70. The Morgan fingerprint density at radius 1 is 1.33 bits per heavy atom. The van der Waals surface area contributed by atoms with Crippen LogP contribution >= 0.6 is 0 Å². The molecule has 2 rings (SSSR count). The van der Waals surface area contributed by atoms with Gasteiger partial charge in [-0.1, -0.05) is 0 Å². The minimum absolute atomic E-state index is 0.0172. The molecule has 2 aliphatic rings. The predicted octanol–water partition coefficient (Wildman–Crippen LogP) is -0.896. The maximum atomic E-state index is 11.7. The summed E-state index contributed by atoms with van der Waals surface area (Å²) < 4.78 is 5.44. The van der Waals surface area contributed by atoms with Gasteiger partial charge >= 0.3 is 0 Å². The number of hydrogen-bond donors (Lipinski definition) is 2. The van der Waals surface area contributed by atoms with Crippen LogP contribution < -0.4 is 10.6 Å². The van der Waals surface area contributed by atoms with E-state index in [1.165, 1.54) is 0 Å². The van der Waals surface area contributed by atoms with E-state index in [1.54, 1.807) is 4.90 Å². The molecule has 1 unspecified atom stereocenters. The summed E-state index contributed by atoms with van der Waals surface area (Å²) in [7, 11) is 0. The van der Waals surface area contributed by atoms with Gasteiger partial charge in [0, 0.05) is 26.2 Å². The summed E-state index contributed by atoms with van der Waals surface area (Å²) in [6, 6.07) is 0. The standard InChI is InChI=1S/C12H21N3O3/c16-11(7-10-8-13-3-6-18-10)14-9-12(17)15-4-1-2-5-15/h10,13H,1-9H2,(H,14,16). The van der Waals surface area contributed by atoms with E-state index in [4.69, 9.17) is 4.74 Å². The molecule has 0 aromatic heterocycles. The number of amides is 2. The Morgan fingerprint density at radius 2 is 2.11 bits per heavy atom. The number of carbonyl (C=O) groups excluding carboxylic acids is 2. The normalized spacial score (nSPS) is 24.0. The Hall–Kier alpha value is -1.14. The molecule has 0 aromatic rings. The fourth-order valence-corrected chi connectivity index (χ4v) is 2.28. The first kappa shape index (κ1) is 13.3. The highest BCUT2D eigenvalue weighted by Gasteiger charge is 2.20. The number of rotatable bonds is 4. The molecule has 2 N–H and O–H groups in total. The van der Waals surface area contributed by atoms with Crippen LogP contribution in [0, 0.1) is 0 Å². The number of ether oxygens (including phenoxy) is 1. The van der Waals surface area contributed by atoms with Gasteiger partial charge in [-0.05, 0) is 12.8 Å². The second-order valence-electron chi connectivity index (χ2n) is 4.77. The monoisotopic (exact) mass is 255 g/mol. The first-order valence-electron chi connectivity index (χ1n) is 6.62. The largest absolute Gasteiger partial charge is 0.375 e. The highest BCUT2D eigenvalue weighted by atomic mass is 16.5. The molecule has 2 aliphatic heterocycles. The third-order valence-corrected chi connectivity index (χ3v) is 3.31. The fourth-order valence-electron chi connectivity index (χ4n) is 2.28. The van der Waals surface area contributed by atoms with Crippen LogP contribution in [0.1, 0.15) is 19.3 Å². The maximum Gasteiger partial charge on any atom is 0.241 e. The van der Waals surface area contributed by atoms with Crippen molar-refractivity contribution in [1.29, 1.82) is 0 Å². The molecule has 2 heterocycles. The minimum atomic E-state index is -0.115. The van der Waals surface area contributed by atoms with Crippen LogP contribution in [-0.4, -0.2) is 62.1 Å². The zero-order chi connectivity index (χ0) is 12.8. The zero-order valence-corrected chi connectivity index (χ0v) is 10.6. The van der Waals surface area contributed by atoms with Gasteiger partial charge in [0.2, 0.25) is 11.8 Å². The molecular formula is C12H21N3O3. The van der Waals surface area contributed by atoms with Gasteiger partial charge in [-0.15, -0.1) is 0 Å². The summed E-state index contributed by atoms with van der Waals surface area (Å²) >= 11 is 0. The number of nitrogens with one attached hydrogen (secondary N) is 2. The van der Waals surface area contributed by atoms with E-state index < -0.39 is 0 Å². The van der Waals surface area contributed by atoms with E-state index in [-0.39, 0.29) is 24.5 Å². The van der Waals surface area contributed by atoms with Crippen molar-refractivity contribution in [3.05, 3.63) is 0 Å². The molecule has 6 nitrogen and oxygen atoms in total. The molecule has 0 aliphatic carbocycles. The highest BCUT2D eigenvalue weighted by molar-refractivity contribution is 5.85. The lowest BCUT2D eigenvalue weighted by Crippen LogP contribution is -2.43. The number of nitrogens with zero attached hydrogens (tertiary/aromatic N) is 1. The van der Waals surface area contributed by atoms with Gasteiger partial charge in [0.25, 0.3) is 0 Å².